The molecule has 1 aromatic heterocycles. The zero-order valence-corrected chi connectivity index (χ0v) is 15.4. The molecule has 0 bridgehead atoms. The highest BCUT2D eigenvalue weighted by molar-refractivity contribution is 6.03. The smallest absolute Gasteiger partial charge is 0.326 e. The third-order valence-electron chi connectivity index (χ3n) is 3.96. The van der Waals surface area contributed by atoms with E-state index < -0.39 is 17.9 Å². The van der Waals surface area contributed by atoms with E-state index in [1.807, 2.05) is 0 Å². The van der Waals surface area contributed by atoms with E-state index in [1.54, 1.807) is 18.2 Å². The molecule has 0 saturated heterocycles. The number of amides is 1. The number of benzene rings is 1. The summed E-state index contributed by atoms with van der Waals surface area (Å²) in [6.07, 6.45) is 7.22. The molecular weight excluding hydrogens is 358 g/mol. The molecular formula is C18H24ClN3O4. The Morgan fingerprint density at radius 3 is 2.62 bits per heavy atom. The van der Waals surface area contributed by atoms with Gasteiger partial charge in [0.2, 0.25) is 0 Å². The molecule has 1 atom stereocenters. The fourth-order valence-electron chi connectivity index (χ4n) is 2.55. The summed E-state index contributed by atoms with van der Waals surface area (Å²) < 4.78 is 1.45. The summed E-state index contributed by atoms with van der Waals surface area (Å²) in [5.41, 5.74) is 0.375. The Bertz CT molecular complexity index is 733. The molecule has 0 aliphatic heterocycles. The number of imidazole rings is 1. The molecule has 1 aromatic carbocycles. The van der Waals surface area contributed by atoms with E-state index in [0.717, 1.165) is 25.7 Å². The number of rotatable bonds is 9. The van der Waals surface area contributed by atoms with Crippen LogP contribution in [-0.4, -0.2) is 31.6 Å². The molecule has 7 nitrogen and oxygen atoms in total. The quantitative estimate of drug-likeness (QED) is 0.452. The second kappa shape index (κ2) is 10.5. The van der Waals surface area contributed by atoms with Gasteiger partial charge in [-0.3, -0.25) is 4.79 Å². The van der Waals surface area contributed by atoms with Gasteiger partial charge in [-0.15, -0.1) is 12.4 Å². The van der Waals surface area contributed by atoms with Crippen LogP contribution in [0.1, 0.15) is 55.6 Å². The van der Waals surface area contributed by atoms with E-state index in [0.29, 0.717) is 6.42 Å². The first-order valence-corrected chi connectivity index (χ1v) is 8.38. The number of aromatic hydroxyl groups is 1. The molecule has 2 rings (SSSR count). The maximum atomic E-state index is 12.2. The van der Waals surface area contributed by atoms with Crippen molar-refractivity contribution >= 4 is 30.0 Å². The van der Waals surface area contributed by atoms with Crippen molar-refractivity contribution in [3.63, 3.8) is 0 Å². The number of carbonyl (C=O) groups is 2. The number of anilines is 1. The van der Waals surface area contributed by atoms with Crippen molar-refractivity contribution in [2.24, 2.45) is 0 Å². The largest absolute Gasteiger partial charge is 0.506 e. The number of unbranched alkanes of at least 4 members (excludes halogenated alkanes) is 3. The predicted octanol–water partition coefficient (Wildman–Crippen LogP) is 3.86. The van der Waals surface area contributed by atoms with E-state index in [2.05, 4.69) is 17.2 Å². The number of carboxylic acid groups (broad SMARTS) is 1. The van der Waals surface area contributed by atoms with E-state index in [-0.39, 0.29) is 29.5 Å². The summed E-state index contributed by atoms with van der Waals surface area (Å²) in [5.74, 6) is -1.49. The molecule has 142 valence electrons. The number of phenols is 1. The maximum absolute atomic E-state index is 12.2. The van der Waals surface area contributed by atoms with Crippen molar-refractivity contribution in [1.29, 1.82) is 0 Å². The standard InChI is InChI=1S/C18H23N3O4.ClH/c1-2-3-4-5-9-15(18(24)25)21-11-14(19-12-21)17(23)20-13-8-6-7-10-16(13)22;/h6-8,10-12,15,22H,2-5,9H2,1H3,(H,20,23)(H,24,25);1H. The van der Waals surface area contributed by atoms with Gasteiger partial charge in [-0.25, -0.2) is 9.78 Å². The number of phenolic OH excluding ortho intramolecular Hbond substituents is 1. The molecule has 3 N–H and O–H groups in total. The summed E-state index contributed by atoms with van der Waals surface area (Å²) in [4.78, 5) is 27.7. The van der Waals surface area contributed by atoms with Crippen molar-refractivity contribution in [1.82, 2.24) is 9.55 Å². The predicted molar refractivity (Wildman–Crippen MR) is 101 cm³/mol. The van der Waals surface area contributed by atoms with Crippen molar-refractivity contribution in [3.05, 3.63) is 42.5 Å². The normalized spacial score (nSPS) is 11.4. The molecule has 8 heteroatoms. The summed E-state index contributed by atoms with van der Waals surface area (Å²) in [6.45, 7) is 2.10. The summed E-state index contributed by atoms with van der Waals surface area (Å²) in [5, 5.41) is 21.7. The van der Waals surface area contributed by atoms with Crippen molar-refractivity contribution < 1.29 is 19.8 Å². The van der Waals surface area contributed by atoms with Gasteiger partial charge in [-0.1, -0.05) is 44.7 Å². The van der Waals surface area contributed by atoms with Crippen LogP contribution >= 0.6 is 12.4 Å². The van der Waals surface area contributed by atoms with Gasteiger partial charge >= 0.3 is 5.97 Å². The molecule has 26 heavy (non-hydrogen) atoms. The third kappa shape index (κ3) is 5.77. The zero-order valence-electron chi connectivity index (χ0n) is 14.6. The Labute approximate surface area is 158 Å². The number of hydrogen-bond donors (Lipinski definition) is 3. The lowest BCUT2D eigenvalue weighted by atomic mass is 10.1. The molecule has 1 unspecified atom stereocenters. The number of hydrogen-bond acceptors (Lipinski definition) is 4. The van der Waals surface area contributed by atoms with Crippen molar-refractivity contribution in [2.75, 3.05) is 5.32 Å². The van der Waals surface area contributed by atoms with Crippen LogP contribution in [0, 0.1) is 0 Å². The van der Waals surface area contributed by atoms with Crippen LogP contribution in [0.3, 0.4) is 0 Å². The maximum Gasteiger partial charge on any atom is 0.326 e. The number of carboxylic acids is 1. The number of nitrogens with one attached hydrogen (secondary N) is 1. The van der Waals surface area contributed by atoms with Crippen LogP contribution in [-0.2, 0) is 4.79 Å². The highest BCUT2D eigenvalue weighted by Gasteiger charge is 2.21. The highest BCUT2D eigenvalue weighted by atomic mass is 35.5. The summed E-state index contributed by atoms with van der Waals surface area (Å²) >= 11 is 0. The highest BCUT2D eigenvalue weighted by Crippen LogP contribution is 2.22. The lowest BCUT2D eigenvalue weighted by Gasteiger charge is -2.13. The molecule has 1 heterocycles. The first-order valence-electron chi connectivity index (χ1n) is 8.38. The topological polar surface area (TPSA) is 104 Å². The van der Waals surface area contributed by atoms with Crippen molar-refractivity contribution in [3.8, 4) is 5.75 Å². The van der Waals surface area contributed by atoms with Crippen LogP contribution < -0.4 is 5.32 Å². The molecule has 0 fully saturated rings. The van der Waals surface area contributed by atoms with Gasteiger partial charge in [0.15, 0.2) is 0 Å². The Balaban J connectivity index is 0.00000338. The number of nitrogens with zero attached hydrogens (tertiary/aromatic N) is 2. The van der Waals surface area contributed by atoms with E-state index in [1.165, 1.54) is 23.2 Å². The molecule has 0 aliphatic carbocycles. The molecule has 0 saturated carbocycles. The van der Waals surface area contributed by atoms with Crippen LogP contribution in [0.4, 0.5) is 5.69 Å². The van der Waals surface area contributed by atoms with E-state index >= 15 is 0 Å². The minimum absolute atomic E-state index is 0. The van der Waals surface area contributed by atoms with Gasteiger partial charge in [-0.05, 0) is 18.6 Å². The lowest BCUT2D eigenvalue weighted by molar-refractivity contribution is -0.141. The molecule has 0 spiro atoms. The van der Waals surface area contributed by atoms with Crippen LogP contribution in [0.25, 0.3) is 0 Å². The van der Waals surface area contributed by atoms with Gasteiger partial charge < -0.3 is 20.1 Å². The number of aromatic nitrogens is 2. The molecule has 0 radical (unpaired) electrons. The van der Waals surface area contributed by atoms with Gasteiger partial charge in [0.1, 0.15) is 17.5 Å². The average molecular weight is 382 g/mol. The summed E-state index contributed by atoms with van der Waals surface area (Å²) in [7, 11) is 0. The monoisotopic (exact) mass is 381 g/mol. The second-order valence-corrected chi connectivity index (χ2v) is 5.88. The number of carbonyl (C=O) groups excluding carboxylic acids is 1. The molecule has 0 aliphatic rings. The Morgan fingerprint density at radius 2 is 1.96 bits per heavy atom. The minimum Gasteiger partial charge on any atom is -0.506 e. The van der Waals surface area contributed by atoms with E-state index in [4.69, 9.17) is 0 Å². The number of halogens is 1. The Hall–Kier alpha value is -2.54. The number of para-hydroxylation sites is 2. The van der Waals surface area contributed by atoms with Crippen LogP contribution in [0.15, 0.2) is 36.8 Å². The Morgan fingerprint density at radius 1 is 1.23 bits per heavy atom. The van der Waals surface area contributed by atoms with Crippen LogP contribution in [0.2, 0.25) is 0 Å². The van der Waals surface area contributed by atoms with Crippen LogP contribution in [0.5, 0.6) is 5.75 Å². The van der Waals surface area contributed by atoms with Gasteiger partial charge in [0.25, 0.3) is 5.91 Å². The fraction of sp³-hybridized carbons (Fsp3) is 0.389. The van der Waals surface area contributed by atoms with Gasteiger partial charge in [0, 0.05) is 6.20 Å². The molecule has 2 aromatic rings. The number of aliphatic carboxylic acids is 1. The van der Waals surface area contributed by atoms with Gasteiger partial charge in [-0.2, -0.15) is 0 Å². The molecule has 1 amide bonds. The van der Waals surface area contributed by atoms with E-state index in [9.17, 15) is 19.8 Å². The first kappa shape index (κ1) is 21.5. The first-order chi connectivity index (χ1) is 12.0. The SMILES string of the molecule is CCCCCCC(C(=O)O)n1cnc(C(=O)Nc2ccccc2O)c1.Cl. The Kier molecular flexibility index (Phi) is 8.64. The second-order valence-electron chi connectivity index (χ2n) is 5.88. The average Bonchev–Trinajstić information content (AvgIpc) is 3.06. The third-order valence-corrected chi connectivity index (χ3v) is 3.96. The van der Waals surface area contributed by atoms with Crippen molar-refractivity contribution in [2.45, 2.75) is 45.1 Å². The fourth-order valence-corrected chi connectivity index (χ4v) is 2.55. The zero-order chi connectivity index (χ0) is 18.2. The lowest BCUT2D eigenvalue weighted by Crippen LogP contribution is -2.18. The van der Waals surface area contributed by atoms with Gasteiger partial charge in [0.05, 0.1) is 12.0 Å². The minimum atomic E-state index is -0.943. The summed E-state index contributed by atoms with van der Waals surface area (Å²) in [6, 6.07) is 5.62.